The fourth-order valence-corrected chi connectivity index (χ4v) is 4.19. The molecule has 0 aromatic heterocycles. The molecule has 0 amide bonds. The van der Waals surface area contributed by atoms with Crippen LogP contribution < -0.4 is 4.52 Å². The number of hydrogen-bond donors (Lipinski definition) is 2. The van der Waals surface area contributed by atoms with Gasteiger partial charge in [0, 0.05) is 26.8 Å². The van der Waals surface area contributed by atoms with Crippen LogP contribution in [-0.2, 0) is 26.2 Å². The van der Waals surface area contributed by atoms with Crippen LogP contribution in [0.25, 0.3) is 11.1 Å². The molecule has 0 aliphatic heterocycles. The van der Waals surface area contributed by atoms with Crippen molar-refractivity contribution < 1.29 is 19.1 Å². The Bertz CT molecular complexity index is 1060. The molecule has 33 heavy (non-hydrogen) atoms. The Morgan fingerprint density at radius 1 is 0.636 bits per heavy atom. The molecule has 1 atom stereocenters. The lowest BCUT2D eigenvalue weighted by Gasteiger charge is -2.30. The summed E-state index contributed by atoms with van der Waals surface area (Å²) < 4.78 is 17.5. The van der Waals surface area contributed by atoms with Gasteiger partial charge in [0.15, 0.2) is 0 Å². The van der Waals surface area contributed by atoms with Crippen molar-refractivity contribution in [3.05, 3.63) is 46.5 Å². The molecule has 0 radical (unpaired) electrons. The highest BCUT2D eigenvalue weighted by Crippen LogP contribution is 2.50. The molecule has 0 aliphatic carbocycles. The van der Waals surface area contributed by atoms with Crippen LogP contribution in [0.3, 0.4) is 0 Å². The van der Waals surface area contributed by atoms with E-state index in [4.69, 9.17) is 4.52 Å². The summed E-state index contributed by atoms with van der Waals surface area (Å²) in [5, 5.41) is 11.5. The number of phenolic OH excluding ortho intramolecular Hbond substituents is 1. The number of hydrogen-bond acceptors (Lipinski definition) is 3. The van der Waals surface area contributed by atoms with Crippen molar-refractivity contribution in [3.8, 4) is 22.6 Å². The second-order valence-electron chi connectivity index (χ2n) is 13.1. The summed E-state index contributed by atoms with van der Waals surface area (Å²) in [5.74, 6) is 0.528. The van der Waals surface area contributed by atoms with Crippen LogP contribution in [0.1, 0.15) is 105 Å². The predicted octanol–water partition coefficient (Wildman–Crippen LogP) is 8.28. The van der Waals surface area contributed by atoms with Gasteiger partial charge in [0.25, 0.3) is 0 Å². The van der Waals surface area contributed by atoms with Gasteiger partial charge in [-0.3, -0.25) is 0 Å². The molecular formula is C28H42O4P+. The smallest absolute Gasteiger partial charge is 0.507 e. The Balaban J connectivity index is 3.14. The van der Waals surface area contributed by atoms with Gasteiger partial charge in [-0.1, -0.05) is 95.2 Å². The highest BCUT2D eigenvalue weighted by atomic mass is 31.1. The molecule has 0 saturated carbocycles. The standard InChI is InChI=1S/C28H41O4P/c1-25(2,3)17-13-19(23(29)21(15-17)27(7,8)9)20-14-18(26(4,5)6)16-22(28(10,11)12)24(20)32-33(30)31/h13-16H,1-12H3,(H-,29,30,31)/p+1. The van der Waals surface area contributed by atoms with E-state index in [9.17, 15) is 14.6 Å². The maximum absolute atomic E-state index is 11.9. The van der Waals surface area contributed by atoms with Gasteiger partial charge in [0.1, 0.15) is 5.75 Å². The number of benzene rings is 2. The van der Waals surface area contributed by atoms with Gasteiger partial charge < -0.3 is 5.11 Å². The molecule has 0 spiro atoms. The van der Waals surface area contributed by atoms with Crippen molar-refractivity contribution in [1.29, 1.82) is 0 Å². The van der Waals surface area contributed by atoms with Crippen molar-refractivity contribution in [3.63, 3.8) is 0 Å². The lowest BCUT2D eigenvalue weighted by molar-refractivity contribution is 0.403. The molecule has 0 aliphatic rings. The molecule has 2 N–H and O–H groups in total. The van der Waals surface area contributed by atoms with E-state index in [-0.39, 0.29) is 27.4 Å². The van der Waals surface area contributed by atoms with E-state index in [1.807, 2.05) is 12.1 Å². The highest BCUT2D eigenvalue weighted by Gasteiger charge is 2.33. The van der Waals surface area contributed by atoms with Crippen molar-refractivity contribution in [2.45, 2.75) is 105 Å². The topological polar surface area (TPSA) is 66.8 Å². The van der Waals surface area contributed by atoms with Gasteiger partial charge in [-0.2, -0.15) is 0 Å². The normalized spacial score (nSPS) is 13.8. The number of aromatic hydroxyl groups is 1. The van der Waals surface area contributed by atoms with Crippen LogP contribution in [-0.4, -0.2) is 10.00 Å². The zero-order valence-corrected chi connectivity index (χ0v) is 23.4. The highest BCUT2D eigenvalue weighted by molar-refractivity contribution is 7.32. The average Bonchev–Trinajstić information content (AvgIpc) is 2.57. The lowest BCUT2D eigenvalue weighted by atomic mass is 9.75. The van der Waals surface area contributed by atoms with Gasteiger partial charge in [0.2, 0.25) is 5.75 Å². The van der Waals surface area contributed by atoms with Gasteiger partial charge in [-0.05, 0) is 44.9 Å². The Kier molecular flexibility index (Phi) is 7.22. The Morgan fingerprint density at radius 2 is 1.03 bits per heavy atom. The molecule has 0 saturated heterocycles. The third kappa shape index (κ3) is 6.16. The van der Waals surface area contributed by atoms with E-state index in [1.165, 1.54) is 0 Å². The van der Waals surface area contributed by atoms with E-state index in [0.29, 0.717) is 16.9 Å². The second-order valence-corrected chi connectivity index (χ2v) is 13.8. The SMILES string of the molecule is CC(C)(C)c1cc(-c2cc(C(C)(C)C)cc(C(C)(C)C)c2O[P+](=O)O)c(O)c(C(C)(C)C)c1. The maximum atomic E-state index is 11.9. The van der Waals surface area contributed by atoms with Crippen LogP contribution in [0.2, 0.25) is 0 Å². The minimum Gasteiger partial charge on any atom is -0.507 e. The summed E-state index contributed by atoms with van der Waals surface area (Å²) in [7, 11) is -2.89. The second kappa shape index (κ2) is 8.71. The lowest BCUT2D eigenvalue weighted by Crippen LogP contribution is -2.19. The van der Waals surface area contributed by atoms with Crippen LogP contribution in [0.15, 0.2) is 24.3 Å². The minimum absolute atomic E-state index is 0.153. The number of phenols is 1. The van der Waals surface area contributed by atoms with Crippen molar-refractivity contribution >= 4 is 8.25 Å². The Morgan fingerprint density at radius 3 is 1.39 bits per heavy atom. The fraction of sp³-hybridized carbons (Fsp3) is 0.571. The molecular weight excluding hydrogens is 431 g/mol. The van der Waals surface area contributed by atoms with E-state index >= 15 is 0 Å². The first-order valence-electron chi connectivity index (χ1n) is 11.6. The zero-order chi connectivity index (χ0) is 25.7. The fourth-order valence-electron chi connectivity index (χ4n) is 3.84. The van der Waals surface area contributed by atoms with E-state index in [1.54, 1.807) is 0 Å². The van der Waals surface area contributed by atoms with Crippen LogP contribution >= 0.6 is 8.25 Å². The van der Waals surface area contributed by atoms with E-state index < -0.39 is 8.25 Å². The summed E-state index contributed by atoms with van der Waals surface area (Å²) >= 11 is 0. The maximum Gasteiger partial charge on any atom is 0.747 e. The molecule has 2 rings (SSSR count). The van der Waals surface area contributed by atoms with Crippen molar-refractivity contribution in [2.75, 3.05) is 0 Å². The van der Waals surface area contributed by atoms with Gasteiger partial charge in [-0.15, -0.1) is 4.89 Å². The van der Waals surface area contributed by atoms with Crippen LogP contribution in [0.4, 0.5) is 0 Å². The predicted molar refractivity (Wildman–Crippen MR) is 139 cm³/mol. The molecule has 2 aromatic carbocycles. The van der Waals surface area contributed by atoms with Gasteiger partial charge in [-0.25, -0.2) is 4.52 Å². The Labute approximate surface area is 201 Å². The first-order chi connectivity index (χ1) is 14.6. The Hall–Kier alpha value is -1.90. The first-order valence-corrected chi connectivity index (χ1v) is 12.7. The molecule has 5 heteroatoms. The summed E-state index contributed by atoms with van der Waals surface area (Å²) in [5.41, 5.74) is 4.12. The van der Waals surface area contributed by atoms with Gasteiger partial charge >= 0.3 is 8.25 Å². The van der Waals surface area contributed by atoms with Crippen LogP contribution in [0, 0.1) is 0 Å². The molecule has 182 valence electrons. The molecule has 1 unspecified atom stereocenters. The van der Waals surface area contributed by atoms with Gasteiger partial charge in [0.05, 0.1) is 0 Å². The summed E-state index contributed by atoms with van der Waals surface area (Å²) in [6, 6.07) is 8.13. The third-order valence-electron chi connectivity index (χ3n) is 6.01. The number of rotatable bonds is 3. The van der Waals surface area contributed by atoms with E-state index in [0.717, 1.165) is 22.3 Å². The molecule has 2 aromatic rings. The average molecular weight is 474 g/mol. The quantitative estimate of drug-likeness (QED) is 0.440. The van der Waals surface area contributed by atoms with Crippen LogP contribution in [0.5, 0.6) is 11.5 Å². The van der Waals surface area contributed by atoms with Crippen molar-refractivity contribution in [1.82, 2.24) is 0 Å². The summed E-state index contributed by atoms with van der Waals surface area (Å²) in [6.45, 7) is 25.2. The first kappa shape index (κ1) is 27.3. The molecule has 0 fully saturated rings. The summed E-state index contributed by atoms with van der Waals surface area (Å²) in [4.78, 5) is 9.76. The minimum atomic E-state index is -2.89. The van der Waals surface area contributed by atoms with E-state index in [2.05, 4.69) is 95.2 Å². The van der Waals surface area contributed by atoms with Crippen molar-refractivity contribution in [2.24, 2.45) is 0 Å². The largest absolute Gasteiger partial charge is 0.747 e. The molecule has 0 heterocycles. The molecule has 4 nitrogen and oxygen atoms in total. The third-order valence-corrected chi connectivity index (χ3v) is 6.35. The monoisotopic (exact) mass is 473 g/mol. The zero-order valence-electron chi connectivity index (χ0n) is 22.5. The molecule has 0 bridgehead atoms. The summed E-state index contributed by atoms with van der Waals surface area (Å²) in [6.07, 6.45) is 0.